The van der Waals surface area contributed by atoms with Gasteiger partial charge in [-0.05, 0) is 43.3 Å². The topological polar surface area (TPSA) is 104 Å². The molecule has 0 aliphatic heterocycles. The maximum Gasteiger partial charge on any atom is 0.303 e. The summed E-state index contributed by atoms with van der Waals surface area (Å²) in [6.07, 6.45) is 0.304. The third-order valence-corrected chi connectivity index (χ3v) is 5.43. The van der Waals surface area contributed by atoms with Crippen molar-refractivity contribution in [3.05, 3.63) is 65.7 Å². The van der Waals surface area contributed by atoms with Gasteiger partial charge in [0.1, 0.15) is 0 Å². The molecule has 0 bridgehead atoms. The lowest BCUT2D eigenvalue weighted by atomic mass is 10.1. The summed E-state index contributed by atoms with van der Waals surface area (Å²) in [5, 5.41) is 8.84. The Morgan fingerprint density at radius 3 is 2.22 bits per heavy atom. The highest BCUT2D eigenvalue weighted by Crippen LogP contribution is 2.15. The van der Waals surface area contributed by atoms with E-state index in [9.17, 15) is 18.0 Å². The van der Waals surface area contributed by atoms with E-state index in [1.54, 1.807) is 4.90 Å². The van der Waals surface area contributed by atoms with Gasteiger partial charge >= 0.3 is 5.97 Å². The number of amides is 1. The summed E-state index contributed by atoms with van der Waals surface area (Å²) >= 11 is 0. The zero-order valence-corrected chi connectivity index (χ0v) is 15.8. The Morgan fingerprint density at radius 1 is 1.04 bits per heavy atom. The largest absolute Gasteiger partial charge is 0.481 e. The molecule has 8 heteroatoms. The highest BCUT2D eigenvalue weighted by Gasteiger charge is 2.18. The molecule has 0 aromatic heterocycles. The van der Waals surface area contributed by atoms with Crippen molar-refractivity contribution in [1.29, 1.82) is 0 Å². The van der Waals surface area contributed by atoms with E-state index in [4.69, 9.17) is 5.11 Å². The van der Waals surface area contributed by atoms with Crippen LogP contribution in [0.5, 0.6) is 0 Å². The van der Waals surface area contributed by atoms with Crippen molar-refractivity contribution < 1.29 is 23.1 Å². The van der Waals surface area contributed by atoms with Gasteiger partial charge in [0.25, 0.3) is 5.91 Å². The zero-order valence-electron chi connectivity index (χ0n) is 15.0. The summed E-state index contributed by atoms with van der Waals surface area (Å²) < 4.78 is 25.8. The van der Waals surface area contributed by atoms with Crippen LogP contribution in [0.1, 0.15) is 28.8 Å². The van der Waals surface area contributed by atoms with Gasteiger partial charge in [0.05, 0.1) is 4.90 Å². The smallest absolute Gasteiger partial charge is 0.303 e. The Kier molecular flexibility index (Phi) is 7.09. The number of carboxylic acid groups (broad SMARTS) is 1. The number of carbonyl (C=O) groups excluding carboxylic acids is 1. The van der Waals surface area contributed by atoms with Gasteiger partial charge in [-0.1, -0.05) is 30.3 Å². The van der Waals surface area contributed by atoms with Gasteiger partial charge in [-0.2, -0.15) is 0 Å². The fraction of sp³-hybridized carbons (Fsp3) is 0.263. The number of sulfonamides is 1. The van der Waals surface area contributed by atoms with Crippen molar-refractivity contribution in [2.45, 2.75) is 24.3 Å². The van der Waals surface area contributed by atoms with Crippen LogP contribution in [0.15, 0.2) is 59.5 Å². The molecule has 144 valence electrons. The van der Waals surface area contributed by atoms with Crippen LogP contribution in [0.2, 0.25) is 0 Å². The minimum absolute atomic E-state index is 0.0298. The van der Waals surface area contributed by atoms with E-state index in [0.717, 1.165) is 5.56 Å². The van der Waals surface area contributed by atoms with Crippen LogP contribution in [-0.4, -0.2) is 43.9 Å². The summed E-state index contributed by atoms with van der Waals surface area (Å²) in [6, 6.07) is 15.1. The van der Waals surface area contributed by atoms with E-state index in [0.29, 0.717) is 18.5 Å². The zero-order chi connectivity index (χ0) is 19.9. The second-order valence-corrected chi connectivity index (χ2v) is 7.83. The second-order valence-electron chi connectivity index (χ2n) is 5.94. The molecule has 0 atom stereocenters. The molecule has 2 aromatic rings. The first-order chi connectivity index (χ1) is 12.8. The summed E-state index contributed by atoms with van der Waals surface area (Å²) in [6.45, 7) is 0.631. The Morgan fingerprint density at radius 2 is 1.67 bits per heavy atom. The number of carbonyl (C=O) groups is 2. The molecule has 0 aliphatic rings. The van der Waals surface area contributed by atoms with Crippen LogP contribution in [0, 0.1) is 0 Å². The van der Waals surface area contributed by atoms with Crippen LogP contribution in [0.3, 0.4) is 0 Å². The van der Waals surface area contributed by atoms with Crippen molar-refractivity contribution >= 4 is 21.9 Å². The number of benzene rings is 2. The van der Waals surface area contributed by atoms with Crippen molar-refractivity contribution in [2.24, 2.45) is 0 Å². The molecule has 7 nitrogen and oxygen atoms in total. The molecule has 0 radical (unpaired) electrons. The second kappa shape index (κ2) is 9.29. The maximum atomic E-state index is 12.9. The Hall–Kier alpha value is -2.71. The van der Waals surface area contributed by atoms with E-state index in [1.165, 1.54) is 31.3 Å². The number of rotatable bonds is 9. The average molecular weight is 390 g/mol. The van der Waals surface area contributed by atoms with E-state index in [1.807, 2.05) is 30.3 Å². The van der Waals surface area contributed by atoms with Crippen LogP contribution >= 0.6 is 0 Å². The first-order valence-corrected chi connectivity index (χ1v) is 9.90. The van der Waals surface area contributed by atoms with Crippen molar-refractivity contribution in [1.82, 2.24) is 9.62 Å². The summed E-state index contributed by atoms with van der Waals surface area (Å²) in [5.41, 5.74) is 1.27. The van der Waals surface area contributed by atoms with Crippen LogP contribution in [0.4, 0.5) is 0 Å². The Labute approximate surface area is 158 Å². The third kappa shape index (κ3) is 5.90. The Bertz CT molecular complexity index is 880. The fourth-order valence-electron chi connectivity index (χ4n) is 2.55. The fourth-order valence-corrected chi connectivity index (χ4v) is 3.28. The molecular formula is C19H22N2O5S. The molecule has 0 saturated heterocycles. The van der Waals surface area contributed by atoms with E-state index in [-0.39, 0.29) is 23.8 Å². The van der Waals surface area contributed by atoms with Crippen LogP contribution < -0.4 is 4.72 Å². The highest BCUT2D eigenvalue weighted by molar-refractivity contribution is 7.89. The molecule has 0 saturated carbocycles. The normalized spacial score (nSPS) is 11.1. The van der Waals surface area contributed by atoms with E-state index < -0.39 is 16.0 Å². The van der Waals surface area contributed by atoms with Gasteiger partial charge < -0.3 is 10.0 Å². The van der Waals surface area contributed by atoms with Crippen molar-refractivity contribution in [3.63, 3.8) is 0 Å². The molecule has 0 heterocycles. The number of aliphatic carboxylic acids is 1. The lowest BCUT2D eigenvalue weighted by molar-refractivity contribution is -0.137. The van der Waals surface area contributed by atoms with Gasteiger partial charge in [0.2, 0.25) is 10.0 Å². The minimum Gasteiger partial charge on any atom is -0.481 e. The van der Waals surface area contributed by atoms with Gasteiger partial charge in [-0.25, -0.2) is 13.1 Å². The quantitative estimate of drug-likeness (QED) is 0.682. The van der Waals surface area contributed by atoms with Gasteiger partial charge in [0.15, 0.2) is 0 Å². The first-order valence-electron chi connectivity index (χ1n) is 8.42. The molecule has 0 unspecified atom stereocenters. The van der Waals surface area contributed by atoms with Crippen LogP contribution in [0.25, 0.3) is 0 Å². The summed E-state index contributed by atoms with van der Waals surface area (Å²) in [7, 11) is -2.26. The molecule has 1 amide bonds. The monoisotopic (exact) mass is 390 g/mol. The van der Waals surface area contributed by atoms with Crippen molar-refractivity contribution in [2.75, 3.05) is 13.6 Å². The lowest BCUT2D eigenvalue weighted by Gasteiger charge is -2.23. The predicted molar refractivity (Wildman–Crippen MR) is 101 cm³/mol. The minimum atomic E-state index is -3.57. The van der Waals surface area contributed by atoms with Crippen molar-refractivity contribution in [3.8, 4) is 0 Å². The lowest BCUT2D eigenvalue weighted by Crippen LogP contribution is -2.32. The molecule has 2 aromatic carbocycles. The summed E-state index contributed by atoms with van der Waals surface area (Å²) in [4.78, 5) is 25.3. The molecule has 2 rings (SSSR count). The molecular weight excluding hydrogens is 368 g/mol. The molecule has 2 N–H and O–H groups in total. The summed E-state index contributed by atoms with van der Waals surface area (Å²) in [5.74, 6) is -1.19. The average Bonchev–Trinajstić information content (AvgIpc) is 2.67. The number of nitrogens with zero attached hydrogens (tertiary/aromatic N) is 1. The highest BCUT2D eigenvalue weighted by atomic mass is 32.2. The third-order valence-electron chi connectivity index (χ3n) is 4.00. The number of hydrogen-bond acceptors (Lipinski definition) is 4. The SMILES string of the molecule is CNS(=O)(=O)c1ccc(C(=O)N(CCCC(=O)O)Cc2ccccc2)cc1. The molecule has 0 spiro atoms. The van der Waals surface area contributed by atoms with E-state index >= 15 is 0 Å². The number of nitrogens with one attached hydrogen (secondary N) is 1. The Balaban J connectivity index is 2.20. The predicted octanol–water partition coefficient (Wildman–Crippen LogP) is 2.10. The molecule has 0 aliphatic carbocycles. The number of carboxylic acids is 1. The van der Waals surface area contributed by atoms with Gasteiger partial charge in [0, 0.05) is 25.1 Å². The van der Waals surface area contributed by atoms with Gasteiger partial charge in [-0.3, -0.25) is 9.59 Å². The molecule has 0 fully saturated rings. The first kappa shape index (κ1) is 20.6. The van der Waals surface area contributed by atoms with Gasteiger partial charge in [-0.15, -0.1) is 0 Å². The number of hydrogen-bond donors (Lipinski definition) is 2. The molecule has 27 heavy (non-hydrogen) atoms. The standard InChI is InChI=1S/C19H22N2O5S/c1-20-27(25,26)17-11-9-16(10-12-17)19(24)21(13-5-8-18(22)23)14-15-6-3-2-4-7-15/h2-4,6-7,9-12,20H,5,8,13-14H2,1H3,(H,22,23). The maximum absolute atomic E-state index is 12.9. The van der Waals surface area contributed by atoms with Crippen LogP contribution in [-0.2, 0) is 21.4 Å². The van der Waals surface area contributed by atoms with E-state index in [2.05, 4.69) is 4.72 Å².